The van der Waals surface area contributed by atoms with Crippen molar-refractivity contribution in [2.24, 2.45) is 0 Å². The van der Waals surface area contributed by atoms with Crippen LogP contribution < -0.4 is 9.47 Å². The maximum absolute atomic E-state index is 6.12. The fourth-order valence-electron chi connectivity index (χ4n) is 3.64. The molecule has 0 spiro atoms. The van der Waals surface area contributed by atoms with Gasteiger partial charge < -0.3 is 18.6 Å². The molecule has 1 aromatic carbocycles. The molecular weight excluding hydrogens is 366 g/mol. The number of morpholine rings is 1. The van der Waals surface area contributed by atoms with Crippen LogP contribution in [0, 0.1) is 0 Å². The quantitative estimate of drug-likeness (QED) is 0.669. The summed E-state index contributed by atoms with van der Waals surface area (Å²) < 4.78 is 19.4. The van der Waals surface area contributed by atoms with E-state index in [0.29, 0.717) is 12.4 Å². The van der Waals surface area contributed by atoms with Crippen LogP contribution in [0.25, 0.3) is 16.8 Å². The first kappa shape index (κ1) is 18.0. The highest BCUT2D eigenvalue weighted by Crippen LogP contribution is 2.37. The minimum absolute atomic E-state index is 0.647. The molecule has 6 heteroatoms. The van der Waals surface area contributed by atoms with Crippen LogP contribution in [-0.4, -0.2) is 53.7 Å². The van der Waals surface area contributed by atoms with Crippen molar-refractivity contribution >= 4 is 16.8 Å². The van der Waals surface area contributed by atoms with Crippen molar-refractivity contribution in [3.63, 3.8) is 0 Å². The third kappa shape index (κ3) is 3.77. The zero-order valence-electron chi connectivity index (χ0n) is 16.2. The molecule has 0 unspecified atom stereocenters. The summed E-state index contributed by atoms with van der Waals surface area (Å²) in [6.45, 7) is 9.30. The molecule has 1 fully saturated rings. The summed E-state index contributed by atoms with van der Waals surface area (Å²) in [6.07, 6.45) is 5.69. The Morgan fingerprint density at radius 2 is 2.03 bits per heavy atom. The Morgan fingerprint density at radius 1 is 1.14 bits per heavy atom. The molecule has 0 aliphatic carbocycles. The van der Waals surface area contributed by atoms with Crippen LogP contribution in [0.3, 0.4) is 0 Å². The molecule has 3 aromatic rings. The highest BCUT2D eigenvalue weighted by molar-refractivity contribution is 5.87. The van der Waals surface area contributed by atoms with E-state index in [2.05, 4.69) is 16.5 Å². The first-order valence-corrected chi connectivity index (χ1v) is 9.85. The van der Waals surface area contributed by atoms with Crippen molar-refractivity contribution in [2.45, 2.75) is 0 Å². The van der Waals surface area contributed by atoms with Crippen molar-refractivity contribution in [2.75, 3.05) is 39.5 Å². The highest BCUT2D eigenvalue weighted by atomic mass is 16.5. The molecular formula is C23H23N3O3. The van der Waals surface area contributed by atoms with Gasteiger partial charge in [-0.05, 0) is 48.0 Å². The fourth-order valence-corrected chi connectivity index (χ4v) is 3.64. The standard InChI is InChI=1S/C23H23N3O3/c1-17-13-23(21-14-18-3-2-6-26(18)16-24-21)29-22-5-4-19(15-20(17)22)28-12-9-25-7-10-27-11-8-25/h2-6,13-16H,1,7-12H2. The van der Waals surface area contributed by atoms with Gasteiger partial charge in [-0.1, -0.05) is 6.58 Å². The summed E-state index contributed by atoms with van der Waals surface area (Å²) in [4.78, 5) is 6.86. The van der Waals surface area contributed by atoms with Crippen LogP contribution in [-0.2, 0) is 4.74 Å². The number of hydrogen-bond acceptors (Lipinski definition) is 5. The summed E-state index contributed by atoms with van der Waals surface area (Å²) in [7, 11) is 0. The van der Waals surface area contributed by atoms with E-state index >= 15 is 0 Å². The molecule has 2 aromatic heterocycles. The van der Waals surface area contributed by atoms with Gasteiger partial charge in [0, 0.05) is 36.9 Å². The van der Waals surface area contributed by atoms with E-state index in [4.69, 9.17) is 14.2 Å². The van der Waals surface area contributed by atoms with E-state index in [9.17, 15) is 0 Å². The highest BCUT2D eigenvalue weighted by Gasteiger charge is 2.19. The first-order valence-electron chi connectivity index (χ1n) is 9.85. The molecule has 5 rings (SSSR count). The van der Waals surface area contributed by atoms with Crippen LogP contribution in [0.5, 0.6) is 11.5 Å². The van der Waals surface area contributed by atoms with Crippen LogP contribution in [0.1, 0.15) is 11.3 Å². The van der Waals surface area contributed by atoms with Gasteiger partial charge in [0.25, 0.3) is 0 Å². The fraction of sp³-hybridized carbons (Fsp3) is 0.261. The summed E-state index contributed by atoms with van der Waals surface area (Å²) in [5.41, 5.74) is 3.69. The Labute approximate surface area is 169 Å². The molecule has 0 saturated carbocycles. The van der Waals surface area contributed by atoms with Crippen molar-refractivity contribution in [1.82, 2.24) is 14.3 Å². The topological polar surface area (TPSA) is 48.2 Å². The van der Waals surface area contributed by atoms with Gasteiger partial charge in [-0.15, -0.1) is 0 Å². The van der Waals surface area contributed by atoms with E-state index < -0.39 is 0 Å². The molecule has 0 amide bonds. The summed E-state index contributed by atoms with van der Waals surface area (Å²) in [5.74, 6) is 2.30. The Kier molecular flexibility index (Phi) is 4.79. The SMILES string of the molecule is C=C1C=C(c2cc3cccn3cn2)Oc2ccc(OCCN3CCOCC3)cc21. The predicted octanol–water partition coefficient (Wildman–Crippen LogP) is 3.49. The van der Waals surface area contributed by atoms with Crippen LogP contribution >= 0.6 is 0 Å². The van der Waals surface area contributed by atoms with Gasteiger partial charge in [-0.2, -0.15) is 0 Å². The molecule has 2 aliphatic heterocycles. The normalized spacial score (nSPS) is 17.0. The third-order valence-corrected chi connectivity index (χ3v) is 5.27. The second kappa shape index (κ2) is 7.73. The molecule has 6 nitrogen and oxygen atoms in total. The van der Waals surface area contributed by atoms with Crippen molar-refractivity contribution in [3.8, 4) is 11.5 Å². The summed E-state index contributed by atoms with van der Waals surface area (Å²) in [5, 5.41) is 0. The molecule has 0 atom stereocenters. The van der Waals surface area contributed by atoms with Crippen molar-refractivity contribution in [1.29, 1.82) is 0 Å². The number of aromatic nitrogens is 2. The lowest BCUT2D eigenvalue weighted by Crippen LogP contribution is -2.38. The van der Waals surface area contributed by atoms with Crippen LogP contribution in [0.15, 0.2) is 61.6 Å². The molecule has 29 heavy (non-hydrogen) atoms. The number of rotatable bonds is 5. The minimum atomic E-state index is 0.647. The van der Waals surface area contributed by atoms with E-state index in [1.54, 1.807) is 6.33 Å². The van der Waals surface area contributed by atoms with Gasteiger partial charge in [0.1, 0.15) is 23.8 Å². The summed E-state index contributed by atoms with van der Waals surface area (Å²) >= 11 is 0. The number of benzene rings is 1. The molecule has 0 radical (unpaired) electrons. The number of allylic oxidation sites excluding steroid dienone is 2. The average molecular weight is 389 g/mol. The van der Waals surface area contributed by atoms with Gasteiger partial charge in [-0.3, -0.25) is 4.90 Å². The first-order chi connectivity index (χ1) is 14.3. The number of nitrogens with zero attached hydrogens (tertiary/aromatic N) is 3. The molecule has 0 bridgehead atoms. The lowest BCUT2D eigenvalue weighted by Gasteiger charge is -2.26. The van der Waals surface area contributed by atoms with Gasteiger partial charge >= 0.3 is 0 Å². The second-order valence-corrected chi connectivity index (χ2v) is 7.21. The van der Waals surface area contributed by atoms with Crippen LogP contribution in [0.4, 0.5) is 0 Å². The lowest BCUT2D eigenvalue weighted by molar-refractivity contribution is 0.0322. The number of hydrogen-bond donors (Lipinski definition) is 0. The number of ether oxygens (including phenoxy) is 3. The van der Waals surface area contributed by atoms with E-state index in [-0.39, 0.29) is 0 Å². The predicted molar refractivity (Wildman–Crippen MR) is 112 cm³/mol. The minimum Gasteiger partial charge on any atom is -0.492 e. The van der Waals surface area contributed by atoms with Gasteiger partial charge in [0.05, 0.1) is 19.5 Å². The zero-order chi connectivity index (χ0) is 19.6. The monoisotopic (exact) mass is 389 g/mol. The van der Waals surface area contributed by atoms with Gasteiger partial charge in [-0.25, -0.2) is 4.98 Å². The van der Waals surface area contributed by atoms with E-state index in [0.717, 1.165) is 66.7 Å². The molecule has 4 heterocycles. The van der Waals surface area contributed by atoms with Crippen LogP contribution in [0.2, 0.25) is 0 Å². The Bertz CT molecular complexity index is 1080. The van der Waals surface area contributed by atoms with Gasteiger partial charge in [0.15, 0.2) is 5.76 Å². The summed E-state index contributed by atoms with van der Waals surface area (Å²) in [6, 6.07) is 11.9. The Balaban J connectivity index is 1.29. The Hall–Kier alpha value is -3.09. The molecule has 0 N–H and O–H groups in total. The largest absolute Gasteiger partial charge is 0.492 e. The third-order valence-electron chi connectivity index (χ3n) is 5.27. The molecule has 2 aliphatic rings. The van der Waals surface area contributed by atoms with Gasteiger partial charge in [0.2, 0.25) is 0 Å². The van der Waals surface area contributed by atoms with E-state index in [1.165, 1.54) is 0 Å². The number of fused-ring (bicyclic) bond motifs is 2. The zero-order valence-corrected chi connectivity index (χ0v) is 16.2. The second-order valence-electron chi connectivity index (χ2n) is 7.21. The Morgan fingerprint density at radius 3 is 2.93 bits per heavy atom. The van der Waals surface area contributed by atoms with E-state index in [1.807, 2.05) is 53.1 Å². The maximum atomic E-state index is 6.12. The maximum Gasteiger partial charge on any atom is 0.153 e. The van der Waals surface area contributed by atoms with Crippen molar-refractivity contribution in [3.05, 3.63) is 72.8 Å². The smallest absolute Gasteiger partial charge is 0.153 e. The molecule has 1 saturated heterocycles. The molecule has 148 valence electrons. The lowest BCUT2D eigenvalue weighted by atomic mass is 10.0. The van der Waals surface area contributed by atoms with Crippen molar-refractivity contribution < 1.29 is 14.2 Å². The average Bonchev–Trinajstić information content (AvgIpc) is 3.23.